The van der Waals surface area contributed by atoms with Gasteiger partial charge in [-0.15, -0.1) is 0 Å². The van der Waals surface area contributed by atoms with Gasteiger partial charge >= 0.3 is 11.9 Å². The van der Waals surface area contributed by atoms with Crippen LogP contribution in [0.25, 0.3) is 0 Å². The van der Waals surface area contributed by atoms with Gasteiger partial charge in [0.15, 0.2) is 50.3 Å². The van der Waals surface area contributed by atoms with Crippen molar-refractivity contribution in [1.29, 1.82) is 0 Å². The lowest BCUT2D eigenvalue weighted by molar-refractivity contribution is -0.400. The molecule has 10 heterocycles. The van der Waals surface area contributed by atoms with E-state index < -0.39 is 438 Å². The van der Waals surface area contributed by atoms with Crippen LogP contribution in [-0.2, 0) is 124 Å². The summed E-state index contributed by atoms with van der Waals surface area (Å²) in [4.78, 5) is 89.5. The van der Waals surface area contributed by atoms with Crippen LogP contribution in [0.5, 0.6) is 0 Å². The van der Waals surface area contributed by atoms with Crippen LogP contribution in [0.1, 0.15) is 47.5 Å². The molecule has 10 fully saturated rings. The first-order valence-corrected chi connectivity index (χ1v) is 43.4. The summed E-state index contributed by atoms with van der Waals surface area (Å²) in [6.45, 7) is -7.79. The minimum atomic E-state index is -3.33. The van der Waals surface area contributed by atoms with E-state index in [9.17, 15) is 192 Å². The molecule has 796 valence electrons. The third kappa shape index (κ3) is 25.2. The van der Waals surface area contributed by atoms with Crippen LogP contribution in [0.4, 0.5) is 0 Å². The van der Waals surface area contributed by atoms with Crippen molar-refractivity contribution < 1.29 is 282 Å². The van der Waals surface area contributed by atoms with Crippen LogP contribution >= 0.6 is 0 Å². The predicted octanol–water partition coefficient (Wildman–Crippen LogP) is -23.7. The van der Waals surface area contributed by atoms with E-state index in [4.69, 9.17) is 90.0 Å². The fraction of sp³-hybridized carbons (Fsp3) is 0.908. The molecule has 0 aromatic heterocycles. The van der Waals surface area contributed by atoms with Gasteiger partial charge in [0.2, 0.25) is 29.5 Å². The molecule has 0 saturated carbocycles. The molecular weight excluding hydrogens is 1890 g/mol. The average molecular weight is 2020 g/mol. The third-order valence-electron chi connectivity index (χ3n) is 24.8. The van der Waals surface area contributed by atoms with E-state index in [0.29, 0.717) is 0 Å². The molecule has 10 aliphatic heterocycles. The summed E-state index contributed by atoms with van der Waals surface area (Å²) in [6.07, 6.45) is -104. The molecule has 10 saturated heterocycles. The van der Waals surface area contributed by atoms with Crippen molar-refractivity contribution in [2.75, 3.05) is 66.1 Å². The van der Waals surface area contributed by atoms with Crippen molar-refractivity contribution in [3.63, 3.8) is 0 Å². The van der Waals surface area contributed by atoms with Gasteiger partial charge in [-0.1, -0.05) is 0 Å². The quantitative estimate of drug-likeness (QED) is 0.0272. The summed E-state index contributed by atoms with van der Waals surface area (Å²) in [5.41, 5.74) is 0. The van der Waals surface area contributed by atoms with Gasteiger partial charge in [0.1, 0.15) is 232 Å². The highest BCUT2D eigenvalue weighted by Crippen LogP contribution is 2.44. The van der Waals surface area contributed by atoms with Gasteiger partial charge in [0, 0.05) is 47.5 Å². The van der Waals surface area contributed by atoms with E-state index in [1.807, 2.05) is 0 Å². The van der Waals surface area contributed by atoms with Crippen molar-refractivity contribution >= 4 is 41.5 Å². The highest BCUT2D eigenvalue weighted by molar-refractivity contribution is 5.78. The monoisotopic (exact) mass is 2020 g/mol. The van der Waals surface area contributed by atoms with Crippen molar-refractivity contribution in [3.05, 3.63) is 0 Å². The van der Waals surface area contributed by atoms with Gasteiger partial charge in [-0.25, -0.2) is 9.59 Å². The molecule has 36 N–H and O–H groups in total. The van der Waals surface area contributed by atoms with Crippen LogP contribution in [0.2, 0.25) is 0 Å². The number of nitrogens with one attached hydrogen (secondary N) is 5. The number of hydrogen-bond donors (Lipinski definition) is 36. The van der Waals surface area contributed by atoms with Crippen LogP contribution in [0.15, 0.2) is 0 Å². The zero-order valence-electron chi connectivity index (χ0n) is 73.8. The van der Waals surface area contributed by atoms with Crippen LogP contribution < -0.4 is 26.6 Å². The summed E-state index contributed by atoms with van der Waals surface area (Å²) in [5.74, 6) is -15.4. The van der Waals surface area contributed by atoms with Crippen molar-refractivity contribution in [2.45, 2.75) is 365 Å². The molecule has 10 rings (SSSR count). The first-order valence-electron chi connectivity index (χ1n) is 43.4. The minimum absolute atomic E-state index is 0.848. The van der Waals surface area contributed by atoms with Gasteiger partial charge in [0.25, 0.3) is 11.6 Å². The molecule has 0 aromatic carbocycles. The fourth-order valence-electron chi connectivity index (χ4n) is 17.6. The number of aliphatic hydroxyl groups is 29. The smallest absolute Gasteiger partial charge is 0.364 e. The standard InChI is InChI=1S/C76H125N5O57/c1-18(90)77-35-23(95)6-75(73(116)117,136-59(35)40(99)25(97)8-82)121-17-34-44(103)50(109)53(112)68(129-34)130-57-31(14-88)126-66(38(48(57)107)80-21(4)93)134-63-51(110)42(101)27(10-84)124-71(63)120-16-33-46(105)61(54(113)69(128-33)131-56-30(13-87)122-65(115)37(47(56)106)79-20(3)92)133-72-64(52(111)43(102)28(11-85)125-72)135-67-39(81-22(5)94)49(108)58(32(15-89)127-67)132-70-55(114)62(45(104)29(12-86)123-70)138-76(74(118)119)7-24(96)36(78-19(2)91)60(137-76)41(100)26(98)9-83/h23-72,82-89,95-115H,6-17H2,1-5H3,(H,77,90)(H,78,91)(H,79,92)(H,80,93)(H,81,94)(H,116,117)(H,118,119)/t23-,24-,25+,26+,27+,28+,29+,30+,31+,32+,33+,34+,35+,36+,37+,38+,39+,40+,41+,42+,43+,44-,45-,46+,47+,48+,49+,50-,51-,52-,53+,54-,55+,56+,57+,58+,59+,60+,61-,62-,63-,64-,65?,66-,67-,68-,69-,70-,71-,72+,75+,76-/m0/s1. The predicted molar refractivity (Wildman–Crippen MR) is 422 cm³/mol. The highest BCUT2D eigenvalue weighted by Gasteiger charge is 2.65. The molecule has 5 amide bonds. The van der Waals surface area contributed by atoms with Crippen LogP contribution in [0.3, 0.4) is 0 Å². The maximum atomic E-state index is 13.3. The van der Waals surface area contributed by atoms with E-state index in [1.54, 1.807) is 0 Å². The Bertz CT molecular complexity index is 3930. The number of rotatable bonds is 39. The van der Waals surface area contributed by atoms with Crippen LogP contribution in [-0.4, -0.2) is 584 Å². The Morgan fingerprint density at radius 3 is 1.04 bits per heavy atom. The second-order valence-electron chi connectivity index (χ2n) is 34.6. The molecular formula is C76H125N5O57. The molecule has 62 nitrogen and oxygen atoms in total. The molecule has 0 bridgehead atoms. The van der Waals surface area contributed by atoms with Crippen molar-refractivity contribution in [3.8, 4) is 0 Å². The van der Waals surface area contributed by atoms with Gasteiger partial charge in [-0.3, -0.25) is 24.0 Å². The van der Waals surface area contributed by atoms with Gasteiger partial charge < -0.3 is 275 Å². The van der Waals surface area contributed by atoms with E-state index in [1.165, 1.54) is 0 Å². The Morgan fingerprint density at radius 2 is 0.616 bits per heavy atom. The van der Waals surface area contributed by atoms with Gasteiger partial charge in [-0.05, 0) is 0 Å². The lowest BCUT2D eigenvalue weighted by atomic mass is 9.88. The number of carbonyl (C=O) groups excluding carboxylic acids is 5. The first kappa shape index (κ1) is 114. The Kier molecular flexibility index (Phi) is 40.6. The first-order chi connectivity index (χ1) is 64.9. The number of aliphatic carboxylic acids is 2. The van der Waals surface area contributed by atoms with E-state index in [-0.39, 0.29) is 0 Å². The summed E-state index contributed by atoms with van der Waals surface area (Å²) < 4.78 is 112. The number of carboxylic acid groups (broad SMARTS) is 2. The summed E-state index contributed by atoms with van der Waals surface area (Å²) >= 11 is 0. The molecule has 1 unspecified atom stereocenters. The zero-order chi connectivity index (χ0) is 102. The Hall–Kier alpha value is -5.63. The second-order valence-corrected chi connectivity index (χ2v) is 34.6. The molecule has 52 atom stereocenters. The number of ether oxygens (including phenoxy) is 19. The number of carbonyl (C=O) groups is 7. The van der Waals surface area contributed by atoms with E-state index >= 15 is 0 Å². The lowest BCUT2D eigenvalue weighted by Gasteiger charge is -2.51. The number of amides is 5. The molecule has 0 spiro atoms. The molecule has 10 aliphatic rings. The van der Waals surface area contributed by atoms with Gasteiger partial charge in [0.05, 0.1) is 90.4 Å². The second kappa shape index (κ2) is 49.0. The molecule has 0 aliphatic carbocycles. The van der Waals surface area contributed by atoms with E-state index in [0.717, 1.165) is 34.6 Å². The fourth-order valence-corrected chi connectivity index (χ4v) is 17.6. The molecule has 0 radical (unpaired) electrons. The van der Waals surface area contributed by atoms with Gasteiger partial charge in [-0.2, -0.15) is 0 Å². The topological polar surface area (TPSA) is 982 Å². The summed E-state index contributed by atoms with van der Waals surface area (Å²) in [5, 5.41) is 358. The number of aliphatic hydroxyl groups excluding tert-OH is 29. The zero-order valence-corrected chi connectivity index (χ0v) is 73.8. The highest BCUT2D eigenvalue weighted by atomic mass is 16.8. The largest absolute Gasteiger partial charge is 0.477 e. The van der Waals surface area contributed by atoms with Crippen LogP contribution in [0, 0.1) is 0 Å². The van der Waals surface area contributed by atoms with Crippen molar-refractivity contribution in [1.82, 2.24) is 26.6 Å². The van der Waals surface area contributed by atoms with Crippen molar-refractivity contribution in [2.24, 2.45) is 0 Å². The maximum Gasteiger partial charge on any atom is 0.364 e. The summed E-state index contributed by atoms with van der Waals surface area (Å²) in [7, 11) is 0. The number of hydrogen-bond acceptors (Lipinski definition) is 55. The van der Waals surface area contributed by atoms with E-state index in [2.05, 4.69) is 26.6 Å². The minimum Gasteiger partial charge on any atom is -0.477 e. The third-order valence-corrected chi connectivity index (χ3v) is 24.8. The molecule has 0 aromatic rings. The Morgan fingerprint density at radius 1 is 0.304 bits per heavy atom. The molecule has 138 heavy (non-hydrogen) atoms. The normalized spacial score (nSPS) is 46.2. The average Bonchev–Trinajstić information content (AvgIpc) is 0.746. The Balaban J connectivity index is 0.920. The lowest BCUT2D eigenvalue weighted by Crippen LogP contribution is -2.71. The summed E-state index contributed by atoms with van der Waals surface area (Å²) in [6, 6.07) is -9.52. The SMILES string of the molecule is CC(=O)N[C@H]1[C@H](O[C@@H]2[C@@H](OC[C@H]3O[C@@H](O[C@H]4[C@H](O)[C@@H](NC(C)=O)C(O)O[C@@H]4CO)[C@@H](O)[C@@H](O[C@H]4O[C@H](CO)[C@@H](O)[C@H](O)[C@@H]4O[C@@H]4O[C@H](CO)[C@@H](O[C@@H]5O[C@H](CO)[C@H](O)[C@H](O[C@]6(C(=O)O)C[C@H](O)[C@@H](NC(C)=O)[C@H]([C@H](O)[C@H](O)CO)O6)[C@H]5O)[C@H](O)[C@H]4NC(C)=O)[C@@H]3O)O[C@H](CO)[C@@H](O)[C@@H]2O)O[C@H](CO)[C@@H](O[C@@H]2O[C@H](CO[C@]3(C(=O)O)C[C@H](O)[C@@H](NC(C)=O)[C@H]([C@H](O)[C@H](O)CO)O3)[C@H](O)[C@H](O)[C@H]2O)[C@@H]1O. The Labute approximate surface area is 779 Å². The number of carboxylic acids is 2. The maximum absolute atomic E-state index is 13.3. The molecule has 62 heteroatoms.